The number of carbonyl (C=O) groups is 5. The maximum atomic E-state index is 12.9. The number of aliphatic carboxylic acids is 1. The number of unbranched alkanes of at least 4 members (excludes halogenated alkanes) is 1. The van der Waals surface area contributed by atoms with Crippen LogP contribution < -0.4 is 33.2 Å². The molecule has 4 unspecified atom stereocenters. The quantitative estimate of drug-likeness (QED) is 0.131. The first-order valence-corrected chi connectivity index (χ1v) is 11.2. The summed E-state index contributed by atoms with van der Waals surface area (Å²) >= 11 is 0. The van der Waals surface area contributed by atoms with Gasteiger partial charge in [-0.05, 0) is 37.6 Å². The number of rotatable bonds is 16. The first kappa shape index (κ1) is 30.3. The fourth-order valence-electron chi connectivity index (χ4n) is 3.02. The van der Waals surface area contributed by atoms with Gasteiger partial charge in [-0.25, -0.2) is 4.79 Å². The average Bonchev–Trinajstić information content (AvgIpc) is 2.71. The molecule has 10 N–H and O–H groups in total. The molecule has 0 heterocycles. The Bertz CT molecular complexity index is 684. The number of nitrogens with one attached hydrogen (secondary N) is 3. The third-order valence-corrected chi connectivity index (χ3v) is 5.10. The molecule has 0 aliphatic carbocycles. The zero-order valence-electron chi connectivity index (χ0n) is 19.9. The Balaban J connectivity index is 5.40. The molecule has 4 atom stereocenters. The Morgan fingerprint density at radius 1 is 0.788 bits per heavy atom. The minimum atomic E-state index is -1.23. The molecule has 0 aliphatic heterocycles. The molecular formula is C21H40N6O6. The van der Waals surface area contributed by atoms with Gasteiger partial charge >= 0.3 is 5.97 Å². The van der Waals surface area contributed by atoms with E-state index in [4.69, 9.17) is 17.2 Å². The molecule has 0 saturated carbocycles. The number of hydrogen-bond donors (Lipinski definition) is 7. The van der Waals surface area contributed by atoms with Gasteiger partial charge < -0.3 is 38.3 Å². The lowest BCUT2D eigenvalue weighted by Crippen LogP contribution is -2.58. The molecule has 0 spiro atoms. The van der Waals surface area contributed by atoms with Crippen LogP contribution in [-0.4, -0.2) is 65.4 Å². The minimum Gasteiger partial charge on any atom is -0.480 e. The van der Waals surface area contributed by atoms with Crippen molar-refractivity contribution >= 4 is 29.6 Å². The van der Waals surface area contributed by atoms with Gasteiger partial charge in [-0.3, -0.25) is 19.2 Å². The van der Waals surface area contributed by atoms with Crippen molar-refractivity contribution in [2.45, 2.75) is 84.0 Å². The zero-order valence-corrected chi connectivity index (χ0v) is 19.9. The lowest BCUT2D eigenvalue weighted by Gasteiger charge is -2.27. The molecular weight excluding hydrogens is 432 g/mol. The first-order chi connectivity index (χ1) is 15.3. The van der Waals surface area contributed by atoms with Crippen molar-refractivity contribution in [3.8, 4) is 0 Å². The van der Waals surface area contributed by atoms with Crippen LogP contribution in [0.2, 0.25) is 0 Å². The maximum Gasteiger partial charge on any atom is 0.326 e. The van der Waals surface area contributed by atoms with Crippen LogP contribution in [0.4, 0.5) is 0 Å². The van der Waals surface area contributed by atoms with Gasteiger partial charge in [0.1, 0.15) is 18.1 Å². The van der Waals surface area contributed by atoms with E-state index in [1.807, 2.05) is 0 Å². The van der Waals surface area contributed by atoms with Gasteiger partial charge in [0.2, 0.25) is 23.6 Å². The van der Waals surface area contributed by atoms with Crippen molar-refractivity contribution in [1.29, 1.82) is 0 Å². The zero-order chi connectivity index (χ0) is 25.7. The van der Waals surface area contributed by atoms with Crippen LogP contribution in [0, 0.1) is 11.8 Å². The van der Waals surface area contributed by atoms with Crippen LogP contribution >= 0.6 is 0 Å². The lowest BCUT2D eigenvalue weighted by molar-refractivity contribution is -0.143. The van der Waals surface area contributed by atoms with Crippen LogP contribution in [0.15, 0.2) is 0 Å². The monoisotopic (exact) mass is 472 g/mol. The fourth-order valence-corrected chi connectivity index (χ4v) is 3.02. The maximum absolute atomic E-state index is 12.9. The molecule has 0 aromatic rings. The van der Waals surface area contributed by atoms with Gasteiger partial charge in [0.15, 0.2) is 0 Å². The van der Waals surface area contributed by atoms with Gasteiger partial charge in [0, 0.05) is 6.42 Å². The number of amides is 4. The van der Waals surface area contributed by atoms with Crippen molar-refractivity contribution in [3.63, 3.8) is 0 Å². The summed E-state index contributed by atoms with van der Waals surface area (Å²) in [5.74, 6) is -4.60. The van der Waals surface area contributed by atoms with E-state index in [0.717, 1.165) is 6.42 Å². The van der Waals surface area contributed by atoms with Gasteiger partial charge in [0.05, 0.1) is 6.04 Å². The number of carbonyl (C=O) groups excluding carboxylic acids is 4. The van der Waals surface area contributed by atoms with Crippen molar-refractivity contribution in [3.05, 3.63) is 0 Å². The molecule has 190 valence electrons. The molecule has 0 aromatic carbocycles. The van der Waals surface area contributed by atoms with E-state index in [1.165, 1.54) is 0 Å². The van der Waals surface area contributed by atoms with Crippen LogP contribution in [-0.2, 0) is 24.0 Å². The molecule has 0 bridgehead atoms. The highest BCUT2D eigenvalue weighted by molar-refractivity contribution is 5.94. The lowest BCUT2D eigenvalue weighted by atomic mass is 10.00. The second-order valence-corrected chi connectivity index (χ2v) is 8.76. The van der Waals surface area contributed by atoms with Crippen LogP contribution in [0.25, 0.3) is 0 Å². The smallest absolute Gasteiger partial charge is 0.326 e. The van der Waals surface area contributed by atoms with Crippen molar-refractivity contribution in [2.24, 2.45) is 29.0 Å². The van der Waals surface area contributed by atoms with E-state index in [2.05, 4.69) is 16.0 Å². The van der Waals surface area contributed by atoms with Crippen LogP contribution in [0.3, 0.4) is 0 Å². The van der Waals surface area contributed by atoms with Gasteiger partial charge in [-0.2, -0.15) is 0 Å². The molecule has 0 aliphatic rings. The molecule has 33 heavy (non-hydrogen) atoms. The predicted octanol–water partition coefficient (Wildman–Crippen LogP) is -1.44. The Kier molecular flexibility index (Phi) is 13.9. The van der Waals surface area contributed by atoms with Gasteiger partial charge in [-0.1, -0.05) is 34.1 Å². The summed E-state index contributed by atoms with van der Waals surface area (Å²) in [6.45, 7) is 7.15. The summed E-state index contributed by atoms with van der Waals surface area (Å²) < 4.78 is 0. The predicted molar refractivity (Wildman–Crippen MR) is 122 cm³/mol. The fraction of sp³-hybridized carbons (Fsp3) is 0.762. The molecule has 4 amide bonds. The highest BCUT2D eigenvalue weighted by atomic mass is 16.4. The molecule has 12 heteroatoms. The first-order valence-electron chi connectivity index (χ1n) is 11.2. The number of carboxylic acid groups (broad SMARTS) is 1. The van der Waals surface area contributed by atoms with Gasteiger partial charge in [0.25, 0.3) is 0 Å². The molecule has 0 radical (unpaired) electrons. The summed E-state index contributed by atoms with van der Waals surface area (Å²) in [5.41, 5.74) is 16.5. The molecule has 0 rings (SSSR count). The average molecular weight is 473 g/mol. The van der Waals surface area contributed by atoms with E-state index in [1.54, 1.807) is 27.7 Å². The van der Waals surface area contributed by atoms with E-state index in [-0.39, 0.29) is 18.8 Å². The van der Waals surface area contributed by atoms with Crippen molar-refractivity contribution < 1.29 is 29.1 Å². The molecule has 0 saturated heterocycles. The van der Waals surface area contributed by atoms with Crippen LogP contribution in [0.1, 0.15) is 59.8 Å². The Labute approximate surface area is 194 Å². The molecule has 12 nitrogen and oxygen atoms in total. The minimum absolute atomic E-state index is 0.130. The normalized spacial score (nSPS) is 14.8. The second kappa shape index (κ2) is 15.2. The van der Waals surface area contributed by atoms with E-state index in [9.17, 15) is 29.1 Å². The topological polar surface area (TPSA) is 220 Å². The summed E-state index contributed by atoms with van der Waals surface area (Å²) in [6.07, 6.45) is 1.46. The van der Waals surface area contributed by atoms with Crippen molar-refractivity contribution in [2.75, 3.05) is 6.54 Å². The Morgan fingerprint density at radius 3 is 1.79 bits per heavy atom. The summed E-state index contributed by atoms with van der Waals surface area (Å²) in [5, 5.41) is 16.8. The van der Waals surface area contributed by atoms with Gasteiger partial charge in [-0.15, -0.1) is 0 Å². The Hall–Kier alpha value is -2.73. The Morgan fingerprint density at radius 2 is 1.33 bits per heavy atom. The summed E-state index contributed by atoms with van der Waals surface area (Å²) in [6, 6.07) is -4.22. The third-order valence-electron chi connectivity index (χ3n) is 5.10. The molecule has 0 fully saturated rings. The van der Waals surface area contributed by atoms with E-state index in [0.29, 0.717) is 19.4 Å². The highest BCUT2D eigenvalue weighted by Gasteiger charge is 2.32. The number of hydrogen-bond acceptors (Lipinski definition) is 7. The van der Waals surface area contributed by atoms with Crippen LogP contribution in [0.5, 0.6) is 0 Å². The number of nitrogens with two attached hydrogens (primary N) is 3. The largest absolute Gasteiger partial charge is 0.480 e. The summed E-state index contributed by atoms with van der Waals surface area (Å²) in [4.78, 5) is 60.7. The standard InChI is InChI=1S/C21H40N6O6/c1-11(2)16(26-18(29)13(23)7-5-6-10-22)20(31)25-14(8-9-15(24)28)19(30)27-17(12(3)4)21(32)33/h11-14,16-17H,5-10,22-23H2,1-4H3,(H2,24,28)(H,25,31)(H,26,29)(H,27,30)(H,32,33). The SMILES string of the molecule is CC(C)C(NC(=O)C(CCC(N)=O)NC(=O)C(NC(=O)C(N)CCCCN)C(C)C)C(=O)O. The van der Waals surface area contributed by atoms with Crippen molar-refractivity contribution in [1.82, 2.24) is 16.0 Å². The number of primary amides is 1. The van der Waals surface area contributed by atoms with E-state index < -0.39 is 59.7 Å². The molecule has 0 aromatic heterocycles. The van der Waals surface area contributed by atoms with E-state index >= 15 is 0 Å². The second-order valence-electron chi connectivity index (χ2n) is 8.76. The highest BCUT2D eigenvalue weighted by Crippen LogP contribution is 2.08. The number of carboxylic acids is 1. The summed E-state index contributed by atoms with van der Waals surface area (Å²) in [7, 11) is 0. The third kappa shape index (κ3) is 11.6.